The standard InChI is InChI=1S/C16H29N3O/c1-3-4-11-19-13-14(2)18-16(19)17-10-12-20-15-8-6-5-7-9-15/h13,15H,3-12H2,1-2H3,(H,17,18). The highest BCUT2D eigenvalue weighted by atomic mass is 16.5. The van der Waals surface area contributed by atoms with Gasteiger partial charge in [0.25, 0.3) is 0 Å². The third kappa shape index (κ3) is 4.82. The number of hydrogen-bond donors (Lipinski definition) is 1. The van der Waals surface area contributed by atoms with Gasteiger partial charge in [-0.25, -0.2) is 4.98 Å². The minimum absolute atomic E-state index is 0.493. The first kappa shape index (κ1) is 15.4. The Bertz CT molecular complexity index is 383. The van der Waals surface area contributed by atoms with Crippen LogP contribution in [-0.2, 0) is 11.3 Å². The molecule has 0 aliphatic heterocycles. The van der Waals surface area contributed by atoms with Gasteiger partial charge in [0, 0.05) is 19.3 Å². The van der Waals surface area contributed by atoms with E-state index in [1.54, 1.807) is 0 Å². The molecule has 4 nitrogen and oxygen atoms in total. The summed E-state index contributed by atoms with van der Waals surface area (Å²) >= 11 is 0. The van der Waals surface area contributed by atoms with Crippen molar-refractivity contribution in [2.24, 2.45) is 0 Å². The zero-order valence-corrected chi connectivity index (χ0v) is 13.0. The van der Waals surface area contributed by atoms with Gasteiger partial charge in [-0.3, -0.25) is 0 Å². The summed E-state index contributed by atoms with van der Waals surface area (Å²) in [6, 6.07) is 0. The van der Waals surface area contributed by atoms with Crippen molar-refractivity contribution in [2.45, 2.75) is 71.4 Å². The molecule has 1 aromatic heterocycles. The molecule has 114 valence electrons. The monoisotopic (exact) mass is 279 g/mol. The summed E-state index contributed by atoms with van der Waals surface area (Å²) in [6.07, 6.45) is 11.6. The Morgan fingerprint density at radius 2 is 2.15 bits per heavy atom. The SMILES string of the molecule is CCCCn1cc(C)nc1NCCOC1CCCCC1. The van der Waals surface area contributed by atoms with Gasteiger partial charge < -0.3 is 14.6 Å². The number of unbranched alkanes of at least 4 members (excludes halogenated alkanes) is 1. The van der Waals surface area contributed by atoms with Gasteiger partial charge in [-0.15, -0.1) is 0 Å². The van der Waals surface area contributed by atoms with Crippen LogP contribution in [0.5, 0.6) is 0 Å². The molecule has 1 aromatic rings. The van der Waals surface area contributed by atoms with Crippen molar-refractivity contribution in [2.75, 3.05) is 18.5 Å². The van der Waals surface area contributed by atoms with Gasteiger partial charge in [-0.2, -0.15) is 0 Å². The van der Waals surface area contributed by atoms with Crippen molar-refractivity contribution in [3.8, 4) is 0 Å². The van der Waals surface area contributed by atoms with E-state index in [0.29, 0.717) is 6.10 Å². The Morgan fingerprint density at radius 1 is 1.35 bits per heavy atom. The van der Waals surface area contributed by atoms with Crippen LogP contribution in [0.1, 0.15) is 57.6 Å². The summed E-state index contributed by atoms with van der Waals surface area (Å²) in [5.41, 5.74) is 1.08. The summed E-state index contributed by atoms with van der Waals surface area (Å²) < 4.78 is 8.15. The van der Waals surface area contributed by atoms with Gasteiger partial charge in [-0.1, -0.05) is 32.6 Å². The van der Waals surface area contributed by atoms with Crippen molar-refractivity contribution in [3.63, 3.8) is 0 Å². The maximum absolute atomic E-state index is 5.93. The zero-order valence-electron chi connectivity index (χ0n) is 13.0. The van der Waals surface area contributed by atoms with E-state index < -0.39 is 0 Å². The Balaban J connectivity index is 1.70. The number of ether oxygens (including phenoxy) is 1. The van der Waals surface area contributed by atoms with E-state index >= 15 is 0 Å². The summed E-state index contributed by atoms with van der Waals surface area (Å²) in [4.78, 5) is 4.54. The number of nitrogens with zero attached hydrogens (tertiary/aromatic N) is 2. The summed E-state index contributed by atoms with van der Waals surface area (Å²) in [5, 5.41) is 3.41. The first-order chi connectivity index (χ1) is 9.79. The number of hydrogen-bond acceptors (Lipinski definition) is 3. The lowest BCUT2D eigenvalue weighted by atomic mass is 9.98. The highest BCUT2D eigenvalue weighted by Crippen LogP contribution is 2.20. The van der Waals surface area contributed by atoms with Crippen LogP contribution >= 0.6 is 0 Å². The molecule has 1 heterocycles. The number of imidazole rings is 1. The van der Waals surface area contributed by atoms with Gasteiger partial charge >= 0.3 is 0 Å². The van der Waals surface area contributed by atoms with E-state index in [1.165, 1.54) is 44.9 Å². The molecule has 0 amide bonds. The Kier molecular flexibility index (Phi) is 6.37. The molecule has 1 aliphatic carbocycles. The lowest BCUT2D eigenvalue weighted by Crippen LogP contribution is -2.21. The first-order valence-corrected chi connectivity index (χ1v) is 8.19. The van der Waals surface area contributed by atoms with Crippen molar-refractivity contribution >= 4 is 5.95 Å². The van der Waals surface area contributed by atoms with Crippen molar-refractivity contribution < 1.29 is 4.74 Å². The molecule has 1 N–H and O–H groups in total. The number of aromatic nitrogens is 2. The van der Waals surface area contributed by atoms with E-state index in [4.69, 9.17) is 4.74 Å². The highest BCUT2D eigenvalue weighted by molar-refractivity contribution is 5.28. The van der Waals surface area contributed by atoms with Gasteiger partial charge in [0.2, 0.25) is 5.95 Å². The van der Waals surface area contributed by atoms with Crippen LogP contribution in [-0.4, -0.2) is 28.8 Å². The largest absolute Gasteiger partial charge is 0.376 e. The molecule has 0 saturated heterocycles. The molecule has 0 radical (unpaired) electrons. The molecule has 4 heteroatoms. The molecule has 0 bridgehead atoms. The average molecular weight is 279 g/mol. The van der Waals surface area contributed by atoms with E-state index in [0.717, 1.165) is 31.3 Å². The third-order valence-corrected chi connectivity index (χ3v) is 3.94. The van der Waals surface area contributed by atoms with Crippen LogP contribution < -0.4 is 5.32 Å². The van der Waals surface area contributed by atoms with Crippen molar-refractivity contribution in [1.82, 2.24) is 9.55 Å². The number of anilines is 1. The van der Waals surface area contributed by atoms with E-state index in [-0.39, 0.29) is 0 Å². The second kappa shape index (κ2) is 8.30. The summed E-state index contributed by atoms with van der Waals surface area (Å²) in [5.74, 6) is 0.989. The molecule has 2 rings (SSSR count). The second-order valence-corrected chi connectivity index (χ2v) is 5.81. The maximum Gasteiger partial charge on any atom is 0.203 e. The molecule has 0 aromatic carbocycles. The normalized spacial score (nSPS) is 16.5. The van der Waals surface area contributed by atoms with Gasteiger partial charge in [0.1, 0.15) is 0 Å². The van der Waals surface area contributed by atoms with Crippen LogP contribution in [0.4, 0.5) is 5.95 Å². The van der Waals surface area contributed by atoms with Gasteiger partial charge in [0.15, 0.2) is 0 Å². The van der Waals surface area contributed by atoms with E-state index in [2.05, 4.69) is 28.0 Å². The van der Waals surface area contributed by atoms with E-state index in [9.17, 15) is 0 Å². The molecule has 1 aliphatic rings. The molecule has 0 spiro atoms. The smallest absolute Gasteiger partial charge is 0.203 e. The third-order valence-electron chi connectivity index (χ3n) is 3.94. The average Bonchev–Trinajstić information content (AvgIpc) is 2.82. The maximum atomic E-state index is 5.93. The Labute approximate surface area is 122 Å². The summed E-state index contributed by atoms with van der Waals surface area (Å²) in [7, 11) is 0. The van der Waals surface area contributed by atoms with Gasteiger partial charge in [0.05, 0.1) is 18.4 Å². The number of aryl methyl sites for hydroxylation is 2. The van der Waals surface area contributed by atoms with Crippen LogP contribution in [0, 0.1) is 6.92 Å². The van der Waals surface area contributed by atoms with Crippen LogP contribution in [0.15, 0.2) is 6.20 Å². The fraction of sp³-hybridized carbons (Fsp3) is 0.812. The molecule has 1 fully saturated rings. The predicted octanol–water partition coefficient (Wildman–Crippen LogP) is 3.75. The van der Waals surface area contributed by atoms with Crippen LogP contribution in [0.2, 0.25) is 0 Å². The van der Waals surface area contributed by atoms with Crippen molar-refractivity contribution in [1.29, 1.82) is 0 Å². The summed E-state index contributed by atoms with van der Waals surface area (Å²) in [6.45, 7) is 6.94. The molecule has 20 heavy (non-hydrogen) atoms. The Hall–Kier alpha value is -1.03. The lowest BCUT2D eigenvalue weighted by molar-refractivity contribution is 0.0347. The molecular formula is C16H29N3O. The lowest BCUT2D eigenvalue weighted by Gasteiger charge is -2.22. The number of rotatable bonds is 8. The molecule has 0 atom stereocenters. The number of nitrogens with one attached hydrogen (secondary N) is 1. The zero-order chi connectivity index (χ0) is 14.2. The minimum atomic E-state index is 0.493. The van der Waals surface area contributed by atoms with E-state index in [1.807, 2.05) is 6.92 Å². The fourth-order valence-electron chi connectivity index (χ4n) is 2.81. The molecular weight excluding hydrogens is 250 g/mol. The molecule has 1 saturated carbocycles. The highest BCUT2D eigenvalue weighted by Gasteiger charge is 2.13. The van der Waals surface area contributed by atoms with Crippen LogP contribution in [0.3, 0.4) is 0 Å². The quantitative estimate of drug-likeness (QED) is 0.737. The second-order valence-electron chi connectivity index (χ2n) is 5.81. The topological polar surface area (TPSA) is 39.1 Å². The fourth-order valence-corrected chi connectivity index (χ4v) is 2.81. The van der Waals surface area contributed by atoms with Crippen molar-refractivity contribution in [3.05, 3.63) is 11.9 Å². The van der Waals surface area contributed by atoms with Crippen LogP contribution in [0.25, 0.3) is 0 Å². The predicted molar refractivity (Wildman–Crippen MR) is 83.2 cm³/mol. The first-order valence-electron chi connectivity index (χ1n) is 8.19. The van der Waals surface area contributed by atoms with Gasteiger partial charge in [-0.05, 0) is 26.2 Å². The molecule has 0 unspecified atom stereocenters. The Morgan fingerprint density at radius 3 is 2.90 bits per heavy atom. The minimum Gasteiger partial charge on any atom is -0.376 e.